The highest BCUT2D eigenvalue weighted by atomic mass is 16.6. The van der Waals surface area contributed by atoms with Crippen molar-refractivity contribution in [1.29, 1.82) is 0 Å². The van der Waals surface area contributed by atoms with Crippen molar-refractivity contribution in [2.75, 3.05) is 42.7 Å². The Bertz CT molecular complexity index is 2120. The summed E-state index contributed by atoms with van der Waals surface area (Å²) in [6.45, 7) is 8.52. The molecular formula is C36H37N7O6. The predicted octanol–water partition coefficient (Wildman–Crippen LogP) is 3.88. The van der Waals surface area contributed by atoms with Gasteiger partial charge >= 0.3 is 5.97 Å². The van der Waals surface area contributed by atoms with Gasteiger partial charge in [0.1, 0.15) is 46.1 Å². The van der Waals surface area contributed by atoms with Crippen molar-refractivity contribution in [3.63, 3.8) is 0 Å². The van der Waals surface area contributed by atoms with Gasteiger partial charge in [0.25, 0.3) is 0 Å². The first-order valence-corrected chi connectivity index (χ1v) is 16.6. The largest absolute Gasteiger partial charge is 0.480 e. The SMILES string of the molecule is CCc1nc(N2C[C@@H](Oc3ncc(C#Cc4c(C)cnn4C)cc3N3CCOC4(COC4)[C@@H]3C)C[C@H]2C(=O)O)c2oc3ccccc3c2n1. The highest BCUT2D eigenvalue weighted by Gasteiger charge is 2.50. The summed E-state index contributed by atoms with van der Waals surface area (Å²) < 4.78 is 26.5. The number of aliphatic carboxylic acids is 1. The van der Waals surface area contributed by atoms with Crippen molar-refractivity contribution < 1.29 is 28.5 Å². The fourth-order valence-corrected chi connectivity index (χ4v) is 7.05. The molecule has 0 radical (unpaired) electrons. The van der Waals surface area contributed by atoms with Crippen LogP contribution in [0.5, 0.6) is 5.88 Å². The Morgan fingerprint density at radius 1 is 1.16 bits per heavy atom. The summed E-state index contributed by atoms with van der Waals surface area (Å²) in [6.07, 6.45) is 3.79. The Hall–Kier alpha value is -5.19. The van der Waals surface area contributed by atoms with E-state index in [0.717, 1.165) is 27.9 Å². The molecule has 0 bridgehead atoms. The van der Waals surface area contributed by atoms with Crippen LogP contribution in [-0.2, 0) is 27.7 Å². The molecule has 49 heavy (non-hydrogen) atoms. The van der Waals surface area contributed by atoms with Gasteiger partial charge in [-0.2, -0.15) is 5.10 Å². The highest BCUT2D eigenvalue weighted by molar-refractivity contribution is 6.06. The van der Waals surface area contributed by atoms with Gasteiger partial charge < -0.3 is 33.5 Å². The number of carboxylic acids is 1. The van der Waals surface area contributed by atoms with E-state index in [1.165, 1.54) is 0 Å². The van der Waals surface area contributed by atoms with Gasteiger partial charge in [-0.3, -0.25) is 4.68 Å². The second kappa shape index (κ2) is 12.0. The van der Waals surface area contributed by atoms with Crippen LogP contribution in [0.4, 0.5) is 11.5 Å². The van der Waals surface area contributed by atoms with Crippen LogP contribution < -0.4 is 14.5 Å². The number of carboxylic acid groups (broad SMARTS) is 1. The van der Waals surface area contributed by atoms with E-state index in [0.29, 0.717) is 67.0 Å². The number of pyridine rings is 1. The molecule has 0 amide bonds. The minimum absolute atomic E-state index is 0.0247. The first kappa shape index (κ1) is 31.1. The van der Waals surface area contributed by atoms with E-state index in [-0.39, 0.29) is 19.0 Å². The Labute approximate surface area is 282 Å². The smallest absolute Gasteiger partial charge is 0.326 e. The van der Waals surface area contributed by atoms with E-state index in [4.69, 9.17) is 33.6 Å². The quantitative estimate of drug-likeness (QED) is 0.264. The summed E-state index contributed by atoms with van der Waals surface area (Å²) in [6, 6.07) is 8.73. The summed E-state index contributed by atoms with van der Waals surface area (Å²) in [5, 5.41) is 15.6. The van der Waals surface area contributed by atoms with Gasteiger partial charge in [0, 0.05) is 49.1 Å². The number of carbonyl (C=O) groups is 1. The molecule has 3 aliphatic rings. The van der Waals surface area contributed by atoms with Crippen LogP contribution in [0.15, 0.2) is 47.1 Å². The van der Waals surface area contributed by atoms with E-state index >= 15 is 0 Å². The van der Waals surface area contributed by atoms with Gasteiger partial charge in [-0.1, -0.05) is 25.0 Å². The highest BCUT2D eigenvalue weighted by Crippen LogP contribution is 2.40. The minimum atomic E-state index is -0.968. The molecule has 0 aliphatic carbocycles. The van der Waals surface area contributed by atoms with Gasteiger partial charge in [0.2, 0.25) is 5.88 Å². The molecule has 4 aromatic heterocycles. The number of hydrogen-bond acceptors (Lipinski definition) is 11. The molecule has 5 aromatic rings. The molecule has 13 nitrogen and oxygen atoms in total. The lowest BCUT2D eigenvalue weighted by molar-refractivity contribution is -0.228. The number of furan rings is 1. The van der Waals surface area contributed by atoms with Gasteiger partial charge in [-0.05, 0) is 38.0 Å². The number of rotatable bonds is 6. The molecule has 8 rings (SSSR count). The number of aromatic nitrogens is 5. The molecule has 1 spiro atoms. The molecule has 1 aromatic carbocycles. The van der Waals surface area contributed by atoms with Crippen molar-refractivity contribution in [1.82, 2.24) is 24.7 Å². The summed E-state index contributed by atoms with van der Waals surface area (Å²) in [5.74, 6) is 7.01. The second-order valence-corrected chi connectivity index (χ2v) is 12.9. The van der Waals surface area contributed by atoms with Crippen LogP contribution in [0, 0.1) is 18.8 Å². The Balaban J connectivity index is 1.15. The molecule has 3 fully saturated rings. The van der Waals surface area contributed by atoms with E-state index in [9.17, 15) is 9.90 Å². The number of anilines is 2. The lowest BCUT2D eigenvalue weighted by Crippen LogP contribution is -2.68. The number of benzene rings is 1. The standard InChI is InChI=1S/C36H37N7O6/c1-5-30-39-31-25-8-6-7-9-29(25)49-32(31)33(40-30)43-18-24(15-28(43)35(44)45)48-34-27(42-12-13-47-36(22(42)3)19-46-20-36)14-23(17-37-34)10-11-26-21(2)16-38-41(26)4/h6-9,14,16-17,22,24,28H,5,12-13,15,18-20H2,1-4H3,(H,44,45)/t22-,24-,28-/m0/s1. The molecule has 3 aliphatic heterocycles. The van der Waals surface area contributed by atoms with Crippen molar-refractivity contribution in [2.45, 2.75) is 57.4 Å². The number of nitrogens with zero attached hydrogens (tertiary/aromatic N) is 7. The number of para-hydroxylation sites is 1. The maximum atomic E-state index is 12.7. The number of morpholine rings is 1. The summed E-state index contributed by atoms with van der Waals surface area (Å²) in [5.41, 5.74) is 4.70. The lowest BCUT2D eigenvalue weighted by Gasteiger charge is -2.53. The minimum Gasteiger partial charge on any atom is -0.480 e. The molecule has 0 unspecified atom stereocenters. The fraction of sp³-hybridized carbons (Fsp3) is 0.417. The topological polar surface area (TPSA) is 141 Å². The molecule has 13 heteroatoms. The molecule has 7 heterocycles. The zero-order valence-electron chi connectivity index (χ0n) is 27.8. The van der Waals surface area contributed by atoms with Crippen molar-refractivity contribution >= 4 is 39.5 Å². The predicted molar refractivity (Wildman–Crippen MR) is 181 cm³/mol. The summed E-state index contributed by atoms with van der Waals surface area (Å²) >= 11 is 0. The van der Waals surface area contributed by atoms with Crippen molar-refractivity contribution in [3.8, 4) is 17.7 Å². The molecule has 0 saturated carbocycles. The summed E-state index contributed by atoms with van der Waals surface area (Å²) in [7, 11) is 1.87. The van der Waals surface area contributed by atoms with E-state index < -0.39 is 23.7 Å². The van der Waals surface area contributed by atoms with Crippen LogP contribution in [-0.4, -0.2) is 92.5 Å². The normalized spacial score (nSPS) is 21.6. The van der Waals surface area contributed by atoms with Crippen molar-refractivity contribution in [2.24, 2.45) is 7.05 Å². The summed E-state index contributed by atoms with van der Waals surface area (Å²) in [4.78, 5) is 31.1. The third-order valence-corrected chi connectivity index (χ3v) is 9.89. The number of fused-ring (bicyclic) bond motifs is 3. The molecule has 3 saturated heterocycles. The Morgan fingerprint density at radius 2 is 2.00 bits per heavy atom. The first-order chi connectivity index (χ1) is 23.7. The zero-order valence-corrected chi connectivity index (χ0v) is 27.8. The van der Waals surface area contributed by atoms with Crippen LogP contribution in [0.3, 0.4) is 0 Å². The Morgan fingerprint density at radius 3 is 2.73 bits per heavy atom. The monoisotopic (exact) mass is 663 g/mol. The molecular weight excluding hydrogens is 626 g/mol. The average Bonchev–Trinajstić information content (AvgIpc) is 3.78. The van der Waals surface area contributed by atoms with Crippen LogP contribution in [0.2, 0.25) is 0 Å². The van der Waals surface area contributed by atoms with E-state index in [2.05, 4.69) is 28.8 Å². The average molecular weight is 664 g/mol. The fourth-order valence-electron chi connectivity index (χ4n) is 7.05. The molecule has 3 atom stereocenters. The van der Waals surface area contributed by atoms with E-state index in [1.54, 1.807) is 22.0 Å². The Kier molecular flexibility index (Phi) is 7.65. The lowest BCUT2D eigenvalue weighted by atomic mass is 9.90. The number of hydrogen-bond donors (Lipinski definition) is 1. The van der Waals surface area contributed by atoms with Crippen LogP contribution in [0.25, 0.3) is 22.1 Å². The number of aryl methyl sites for hydroxylation is 3. The van der Waals surface area contributed by atoms with E-state index in [1.807, 2.05) is 51.2 Å². The van der Waals surface area contributed by atoms with Crippen LogP contribution in [0.1, 0.15) is 42.9 Å². The molecule has 252 valence electrons. The van der Waals surface area contributed by atoms with Crippen LogP contribution >= 0.6 is 0 Å². The van der Waals surface area contributed by atoms with Gasteiger partial charge in [0.05, 0.1) is 38.6 Å². The zero-order chi connectivity index (χ0) is 33.9. The van der Waals surface area contributed by atoms with Crippen molar-refractivity contribution in [3.05, 3.63) is 65.4 Å². The third-order valence-electron chi connectivity index (χ3n) is 9.89. The maximum Gasteiger partial charge on any atom is 0.326 e. The third kappa shape index (κ3) is 5.32. The number of ether oxygens (including phenoxy) is 3. The van der Waals surface area contributed by atoms with Gasteiger partial charge in [-0.25, -0.2) is 19.7 Å². The molecule has 1 N–H and O–H groups in total. The van der Waals surface area contributed by atoms with Gasteiger partial charge in [-0.15, -0.1) is 0 Å². The van der Waals surface area contributed by atoms with Gasteiger partial charge in [0.15, 0.2) is 11.4 Å². The first-order valence-electron chi connectivity index (χ1n) is 16.6. The maximum absolute atomic E-state index is 12.7. The second-order valence-electron chi connectivity index (χ2n) is 12.9.